The zero-order valence-electron chi connectivity index (χ0n) is 9.22. The predicted octanol–water partition coefficient (Wildman–Crippen LogP) is 1.61. The van der Waals surface area contributed by atoms with Gasteiger partial charge in [0.25, 0.3) is 0 Å². The van der Waals surface area contributed by atoms with Gasteiger partial charge in [-0.1, -0.05) is 30.3 Å². The van der Waals surface area contributed by atoms with Crippen LogP contribution in [-0.2, 0) is 16.1 Å². The van der Waals surface area contributed by atoms with Crippen LogP contribution < -0.4 is 5.32 Å². The van der Waals surface area contributed by atoms with Crippen molar-refractivity contribution < 1.29 is 9.47 Å². The van der Waals surface area contributed by atoms with Gasteiger partial charge in [0, 0.05) is 6.54 Å². The lowest BCUT2D eigenvalue weighted by atomic mass is 10.2. The molecule has 0 radical (unpaired) electrons. The Balaban J connectivity index is 0.00000128. The van der Waals surface area contributed by atoms with Gasteiger partial charge in [0.05, 0.1) is 32.5 Å². The molecular formula is C12H18ClNO2. The van der Waals surface area contributed by atoms with Crippen molar-refractivity contribution in [3.05, 3.63) is 35.9 Å². The van der Waals surface area contributed by atoms with Gasteiger partial charge in [0.15, 0.2) is 0 Å². The molecule has 1 aliphatic rings. The van der Waals surface area contributed by atoms with E-state index in [1.807, 2.05) is 18.2 Å². The summed E-state index contributed by atoms with van der Waals surface area (Å²) in [7, 11) is 0. The van der Waals surface area contributed by atoms with E-state index in [1.165, 1.54) is 5.56 Å². The molecule has 1 aromatic rings. The van der Waals surface area contributed by atoms with Crippen LogP contribution in [0.3, 0.4) is 0 Å². The van der Waals surface area contributed by atoms with Gasteiger partial charge in [-0.05, 0) is 5.56 Å². The lowest BCUT2D eigenvalue weighted by Gasteiger charge is -2.23. The normalized spacial score (nSPS) is 20.1. The van der Waals surface area contributed by atoms with Crippen molar-refractivity contribution in [2.45, 2.75) is 12.6 Å². The molecule has 0 saturated carbocycles. The highest BCUT2D eigenvalue weighted by Gasteiger charge is 2.12. The van der Waals surface area contributed by atoms with Crippen LogP contribution in [-0.4, -0.2) is 32.4 Å². The summed E-state index contributed by atoms with van der Waals surface area (Å²) in [6.07, 6.45) is 0. The average Bonchev–Trinajstić information content (AvgIpc) is 2.32. The van der Waals surface area contributed by atoms with E-state index in [0.717, 1.165) is 26.4 Å². The number of rotatable bonds is 4. The summed E-state index contributed by atoms with van der Waals surface area (Å²) in [5.74, 6) is 0. The second-order valence-corrected chi connectivity index (χ2v) is 3.73. The summed E-state index contributed by atoms with van der Waals surface area (Å²) in [5, 5.41) is 3.36. The zero-order chi connectivity index (χ0) is 10.3. The van der Waals surface area contributed by atoms with Crippen LogP contribution in [0.5, 0.6) is 0 Å². The summed E-state index contributed by atoms with van der Waals surface area (Å²) in [6, 6.07) is 10.6. The van der Waals surface area contributed by atoms with Crippen molar-refractivity contribution in [1.82, 2.24) is 5.32 Å². The van der Waals surface area contributed by atoms with E-state index in [1.54, 1.807) is 0 Å². The first-order chi connectivity index (χ1) is 7.45. The van der Waals surface area contributed by atoms with Gasteiger partial charge in [-0.3, -0.25) is 0 Å². The van der Waals surface area contributed by atoms with E-state index < -0.39 is 0 Å². The van der Waals surface area contributed by atoms with Crippen LogP contribution in [0.15, 0.2) is 30.3 Å². The van der Waals surface area contributed by atoms with Crippen LogP contribution in [0.25, 0.3) is 0 Å². The summed E-state index contributed by atoms with van der Waals surface area (Å²) in [4.78, 5) is 0. The van der Waals surface area contributed by atoms with Gasteiger partial charge in [-0.15, -0.1) is 12.4 Å². The Kier molecular flexibility index (Phi) is 6.42. The van der Waals surface area contributed by atoms with Gasteiger partial charge in [0.1, 0.15) is 0 Å². The minimum Gasteiger partial charge on any atom is -0.378 e. The Bertz CT molecular complexity index is 276. The fraction of sp³-hybridized carbons (Fsp3) is 0.500. The van der Waals surface area contributed by atoms with E-state index in [2.05, 4.69) is 17.4 Å². The monoisotopic (exact) mass is 243 g/mol. The third-order valence-electron chi connectivity index (χ3n) is 2.43. The van der Waals surface area contributed by atoms with Crippen LogP contribution in [0.2, 0.25) is 0 Å². The van der Waals surface area contributed by atoms with Gasteiger partial charge >= 0.3 is 0 Å². The molecule has 0 unspecified atom stereocenters. The van der Waals surface area contributed by atoms with Crippen LogP contribution in [0, 0.1) is 0 Å². The molecule has 0 aliphatic carbocycles. The maximum atomic E-state index is 5.62. The van der Waals surface area contributed by atoms with Crippen LogP contribution in [0.4, 0.5) is 0 Å². The Hall–Kier alpha value is -0.610. The third-order valence-corrected chi connectivity index (χ3v) is 2.43. The van der Waals surface area contributed by atoms with Gasteiger partial charge in [-0.2, -0.15) is 0 Å². The lowest BCUT2D eigenvalue weighted by molar-refractivity contribution is 0.0242. The van der Waals surface area contributed by atoms with E-state index in [9.17, 15) is 0 Å². The first kappa shape index (κ1) is 13.5. The third kappa shape index (κ3) is 4.49. The number of hydrogen-bond acceptors (Lipinski definition) is 3. The molecular weight excluding hydrogens is 226 g/mol. The molecule has 1 aromatic carbocycles. The Morgan fingerprint density at radius 1 is 1.31 bits per heavy atom. The minimum atomic E-state index is 0. The average molecular weight is 244 g/mol. The summed E-state index contributed by atoms with van der Waals surface area (Å²) in [5.41, 5.74) is 1.22. The molecule has 0 amide bonds. The molecule has 16 heavy (non-hydrogen) atoms. The largest absolute Gasteiger partial charge is 0.378 e. The maximum absolute atomic E-state index is 5.62. The highest BCUT2D eigenvalue weighted by Crippen LogP contribution is 2.02. The number of benzene rings is 1. The van der Waals surface area contributed by atoms with Crippen molar-refractivity contribution >= 4 is 12.4 Å². The van der Waals surface area contributed by atoms with Gasteiger partial charge in [-0.25, -0.2) is 0 Å². The number of morpholine rings is 1. The number of hydrogen-bond donors (Lipinski definition) is 1. The fourth-order valence-electron chi connectivity index (χ4n) is 1.62. The summed E-state index contributed by atoms with van der Waals surface area (Å²) in [6.45, 7) is 3.90. The Morgan fingerprint density at radius 2 is 2.12 bits per heavy atom. The van der Waals surface area contributed by atoms with Crippen LogP contribution in [0.1, 0.15) is 5.56 Å². The summed E-state index contributed by atoms with van der Waals surface area (Å²) < 4.78 is 11.0. The molecule has 1 atom stereocenters. The molecule has 0 bridgehead atoms. The molecule has 1 heterocycles. The molecule has 1 fully saturated rings. The van der Waals surface area contributed by atoms with Crippen molar-refractivity contribution in [1.29, 1.82) is 0 Å². The molecule has 0 spiro atoms. The molecule has 1 aliphatic heterocycles. The second kappa shape index (κ2) is 7.63. The number of ether oxygens (including phenoxy) is 2. The van der Waals surface area contributed by atoms with Crippen molar-refractivity contribution in [3.63, 3.8) is 0 Å². The first-order valence-electron chi connectivity index (χ1n) is 5.38. The van der Waals surface area contributed by atoms with Gasteiger partial charge < -0.3 is 14.8 Å². The van der Waals surface area contributed by atoms with Crippen molar-refractivity contribution in [2.24, 2.45) is 0 Å². The standard InChI is InChI=1S/C12H17NO2.ClH/c1-2-4-11(5-3-1)8-15-10-12-9-14-7-6-13-12;/h1-5,12-13H,6-10H2;1H/t12-;/m1./s1. The molecule has 4 heteroatoms. The number of nitrogens with one attached hydrogen (secondary N) is 1. The highest BCUT2D eigenvalue weighted by molar-refractivity contribution is 5.85. The second-order valence-electron chi connectivity index (χ2n) is 3.73. The highest BCUT2D eigenvalue weighted by atomic mass is 35.5. The van der Waals surface area contributed by atoms with E-state index >= 15 is 0 Å². The molecule has 90 valence electrons. The zero-order valence-corrected chi connectivity index (χ0v) is 10.0. The molecule has 1 saturated heterocycles. The van der Waals surface area contributed by atoms with Crippen molar-refractivity contribution in [3.8, 4) is 0 Å². The first-order valence-corrected chi connectivity index (χ1v) is 5.38. The lowest BCUT2D eigenvalue weighted by Crippen LogP contribution is -2.44. The van der Waals surface area contributed by atoms with E-state index in [-0.39, 0.29) is 12.4 Å². The van der Waals surface area contributed by atoms with Gasteiger partial charge in [0.2, 0.25) is 0 Å². The van der Waals surface area contributed by atoms with Crippen molar-refractivity contribution in [2.75, 3.05) is 26.4 Å². The SMILES string of the molecule is Cl.c1ccc(COC[C@H]2COCCN2)cc1. The molecule has 2 rings (SSSR count). The molecule has 0 aromatic heterocycles. The Labute approximate surface area is 103 Å². The van der Waals surface area contributed by atoms with Crippen LogP contribution >= 0.6 is 12.4 Å². The molecule has 3 nitrogen and oxygen atoms in total. The number of halogens is 1. The predicted molar refractivity (Wildman–Crippen MR) is 66.0 cm³/mol. The smallest absolute Gasteiger partial charge is 0.0717 e. The fourth-order valence-corrected chi connectivity index (χ4v) is 1.62. The minimum absolute atomic E-state index is 0. The van der Waals surface area contributed by atoms with E-state index in [0.29, 0.717) is 12.6 Å². The molecule has 1 N–H and O–H groups in total. The van der Waals surface area contributed by atoms with E-state index in [4.69, 9.17) is 9.47 Å². The topological polar surface area (TPSA) is 30.5 Å². The summed E-state index contributed by atoms with van der Waals surface area (Å²) >= 11 is 0. The Morgan fingerprint density at radius 3 is 2.81 bits per heavy atom. The maximum Gasteiger partial charge on any atom is 0.0717 e. The quantitative estimate of drug-likeness (QED) is 0.872.